The molecule has 2 aliphatic heterocycles. The van der Waals surface area contributed by atoms with Gasteiger partial charge in [0.1, 0.15) is 0 Å². The molecular formula is C22H28N2O4. The first-order chi connectivity index (χ1) is 13.7. The van der Waals surface area contributed by atoms with Crippen LogP contribution in [0.4, 0.5) is 0 Å². The molecule has 0 radical (unpaired) electrons. The number of ether oxygens (including phenoxy) is 4. The van der Waals surface area contributed by atoms with Gasteiger partial charge in [0.15, 0.2) is 23.0 Å². The lowest BCUT2D eigenvalue weighted by Gasteiger charge is -2.38. The third-order valence-corrected chi connectivity index (χ3v) is 5.81. The molecule has 0 amide bonds. The Bertz CT molecular complexity index is 797. The standard InChI is InChI=1S/C22H28N2O4/c1-25-17-9-13-5-7-23-21(15(13)11-19(17)27-3)22-16-12-20(28-4)18(26-2)10-14(16)6-8-24-22/h9-12,21-24H,5-8H2,1-4H3/t21-,22+. The molecule has 0 saturated carbocycles. The Labute approximate surface area is 166 Å². The molecule has 0 saturated heterocycles. The van der Waals surface area contributed by atoms with E-state index in [-0.39, 0.29) is 12.1 Å². The second kappa shape index (κ2) is 7.89. The average Bonchev–Trinajstić information content (AvgIpc) is 2.76. The van der Waals surface area contributed by atoms with Gasteiger partial charge in [-0.2, -0.15) is 0 Å². The Morgan fingerprint density at radius 3 is 1.32 bits per heavy atom. The van der Waals surface area contributed by atoms with Crippen LogP contribution in [0.2, 0.25) is 0 Å². The number of fused-ring (bicyclic) bond motifs is 2. The summed E-state index contributed by atoms with van der Waals surface area (Å²) in [4.78, 5) is 0. The molecule has 6 heteroatoms. The van der Waals surface area contributed by atoms with E-state index in [9.17, 15) is 0 Å². The molecule has 6 nitrogen and oxygen atoms in total. The van der Waals surface area contributed by atoms with Crippen molar-refractivity contribution in [1.29, 1.82) is 0 Å². The molecule has 2 N–H and O–H groups in total. The molecule has 2 aromatic rings. The van der Waals surface area contributed by atoms with Crippen LogP contribution in [-0.2, 0) is 12.8 Å². The highest BCUT2D eigenvalue weighted by molar-refractivity contribution is 5.53. The minimum atomic E-state index is 0.140. The van der Waals surface area contributed by atoms with Crippen molar-refractivity contribution in [2.24, 2.45) is 0 Å². The predicted octanol–water partition coefficient (Wildman–Crippen LogP) is 2.79. The van der Waals surface area contributed by atoms with Gasteiger partial charge in [0.05, 0.1) is 40.5 Å². The van der Waals surface area contributed by atoms with Crippen molar-refractivity contribution < 1.29 is 18.9 Å². The maximum Gasteiger partial charge on any atom is 0.161 e. The summed E-state index contributed by atoms with van der Waals surface area (Å²) < 4.78 is 22.1. The minimum absolute atomic E-state index is 0.140. The molecule has 2 heterocycles. The first kappa shape index (κ1) is 18.9. The zero-order valence-corrected chi connectivity index (χ0v) is 16.9. The zero-order valence-electron chi connectivity index (χ0n) is 16.9. The van der Waals surface area contributed by atoms with Gasteiger partial charge in [0.25, 0.3) is 0 Å². The van der Waals surface area contributed by atoms with E-state index in [1.54, 1.807) is 28.4 Å². The van der Waals surface area contributed by atoms with Crippen LogP contribution in [0.15, 0.2) is 24.3 Å². The number of hydrogen-bond donors (Lipinski definition) is 2. The van der Waals surface area contributed by atoms with Gasteiger partial charge in [-0.1, -0.05) is 0 Å². The van der Waals surface area contributed by atoms with E-state index in [1.165, 1.54) is 22.3 Å². The van der Waals surface area contributed by atoms with Gasteiger partial charge >= 0.3 is 0 Å². The summed E-state index contributed by atoms with van der Waals surface area (Å²) in [5.74, 6) is 3.09. The molecular weight excluding hydrogens is 356 g/mol. The number of nitrogens with one attached hydrogen (secondary N) is 2. The monoisotopic (exact) mass is 384 g/mol. The van der Waals surface area contributed by atoms with Crippen LogP contribution in [0.3, 0.4) is 0 Å². The van der Waals surface area contributed by atoms with Crippen molar-refractivity contribution in [3.63, 3.8) is 0 Å². The molecule has 2 aliphatic rings. The van der Waals surface area contributed by atoms with Crippen molar-refractivity contribution >= 4 is 0 Å². The molecule has 0 bridgehead atoms. The summed E-state index contributed by atoms with van der Waals surface area (Å²) in [6.07, 6.45) is 1.94. The van der Waals surface area contributed by atoms with Gasteiger partial charge in [0.2, 0.25) is 0 Å². The van der Waals surface area contributed by atoms with Crippen molar-refractivity contribution in [2.75, 3.05) is 41.5 Å². The second-order valence-electron chi connectivity index (χ2n) is 7.18. The molecule has 0 unspecified atom stereocenters. The average molecular weight is 384 g/mol. The summed E-state index contributed by atoms with van der Waals surface area (Å²) in [6.45, 7) is 1.85. The van der Waals surface area contributed by atoms with Gasteiger partial charge in [-0.05, 0) is 72.5 Å². The van der Waals surface area contributed by atoms with Gasteiger partial charge in [-0.15, -0.1) is 0 Å². The zero-order chi connectivity index (χ0) is 19.7. The first-order valence-electron chi connectivity index (χ1n) is 9.66. The van der Waals surface area contributed by atoms with E-state index in [4.69, 9.17) is 18.9 Å². The molecule has 0 aromatic heterocycles. The van der Waals surface area contributed by atoms with Crippen molar-refractivity contribution in [3.05, 3.63) is 46.5 Å². The highest BCUT2D eigenvalue weighted by Crippen LogP contribution is 2.43. The normalized spacial score (nSPS) is 20.7. The van der Waals surface area contributed by atoms with Gasteiger partial charge < -0.3 is 29.6 Å². The van der Waals surface area contributed by atoms with E-state index in [2.05, 4.69) is 34.9 Å². The van der Waals surface area contributed by atoms with Crippen LogP contribution in [-0.4, -0.2) is 41.5 Å². The van der Waals surface area contributed by atoms with Crippen LogP contribution < -0.4 is 29.6 Å². The van der Waals surface area contributed by atoms with Gasteiger partial charge in [-0.3, -0.25) is 0 Å². The number of hydrogen-bond acceptors (Lipinski definition) is 6. The van der Waals surface area contributed by atoms with E-state index in [0.29, 0.717) is 0 Å². The topological polar surface area (TPSA) is 61.0 Å². The molecule has 0 spiro atoms. The van der Waals surface area contributed by atoms with Crippen LogP contribution in [0.5, 0.6) is 23.0 Å². The third-order valence-electron chi connectivity index (χ3n) is 5.81. The summed E-state index contributed by atoms with van der Waals surface area (Å²) in [7, 11) is 6.73. The molecule has 2 aromatic carbocycles. The molecule has 28 heavy (non-hydrogen) atoms. The summed E-state index contributed by atoms with van der Waals surface area (Å²) in [5, 5.41) is 7.42. The fraction of sp³-hybridized carbons (Fsp3) is 0.455. The van der Waals surface area contributed by atoms with Crippen LogP contribution in [0.1, 0.15) is 34.3 Å². The Kier molecular flexibility index (Phi) is 5.33. The van der Waals surface area contributed by atoms with E-state index >= 15 is 0 Å². The third kappa shape index (κ3) is 3.16. The molecule has 0 fully saturated rings. The molecule has 2 atom stereocenters. The predicted molar refractivity (Wildman–Crippen MR) is 108 cm³/mol. The quantitative estimate of drug-likeness (QED) is 0.827. The molecule has 150 valence electrons. The fourth-order valence-electron chi connectivity index (χ4n) is 4.43. The number of benzene rings is 2. The Balaban J connectivity index is 1.78. The molecule has 0 aliphatic carbocycles. The largest absolute Gasteiger partial charge is 0.493 e. The lowest BCUT2D eigenvalue weighted by Crippen LogP contribution is -2.42. The highest BCUT2D eigenvalue weighted by Gasteiger charge is 2.33. The second-order valence-corrected chi connectivity index (χ2v) is 7.18. The van der Waals surface area contributed by atoms with E-state index in [1.807, 2.05) is 0 Å². The Morgan fingerprint density at radius 1 is 0.607 bits per heavy atom. The van der Waals surface area contributed by atoms with Crippen LogP contribution in [0, 0.1) is 0 Å². The number of methoxy groups -OCH3 is 4. The van der Waals surface area contributed by atoms with E-state index in [0.717, 1.165) is 48.9 Å². The lowest BCUT2D eigenvalue weighted by atomic mass is 9.82. The summed E-state index contributed by atoms with van der Waals surface area (Å²) in [6, 6.07) is 8.73. The van der Waals surface area contributed by atoms with Gasteiger partial charge in [0, 0.05) is 0 Å². The summed E-state index contributed by atoms with van der Waals surface area (Å²) in [5.41, 5.74) is 5.11. The van der Waals surface area contributed by atoms with Crippen molar-refractivity contribution in [1.82, 2.24) is 10.6 Å². The Morgan fingerprint density at radius 2 is 0.964 bits per heavy atom. The van der Waals surface area contributed by atoms with Crippen molar-refractivity contribution in [2.45, 2.75) is 24.9 Å². The molecule has 4 rings (SSSR count). The van der Waals surface area contributed by atoms with Crippen LogP contribution >= 0.6 is 0 Å². The first-order valence-corrected chi connectivity index (χ1v) is 9.66. The maximum atomic E-state index is 5.56. The smallest absolute Gasteiger partial charge is 0.161 e. The van der Waals surface area contributed by atoms with Gasteiger partial charge in [-0.25, -0.2) is 0 Å². The fourth-order valence-corrected chi connectivity index (χ4v) is 4.43. The highest BCUT2D eigenvalue weighted by atomic mass is 16.5. The maximum absolute atomic E-state index is 5.56. The number of rotatable bonds is 5. The van der Waals surface area contributed by atoms with E-state index < -0.39 is 0 Å². The minimum Gasteiger partial charge on any atom is -0.493 e. The Hall–Kier alpha value is -2.44. The lowest BCUT2D eigenvalue weighted by molar-refractivity contribution is 0.334. The van der Waals surface area contributed by atoms with Crippen LogP contribution in [0.25, 0.3) is 0 Å². The summed E-state index contributed by atoms with van der Waals surface area (Å²) >= 11 is 0. The van der Waals surface area contributed by atoms with Crippen molar-refractivity contribution in [3.8, 4) is 23.0 Å². The SMILES string of the molecule is COc1cc2c(cc1OC)[C@H]([C@H]1NCCc3cc(OC)c(OC)cc31)NCC2.